The summed E-state index contributed by atoms with van der Waals surface area (Å²) in [5, 5.41) is 11.5. The number of aliphatic hydroxyl groups is 1. The van der Waals surface area contributed by atoms with Crippen molar-refractivity contribution in [1.82, 2.24) is 0 Å². The number of Topliss-reactive ketones (excluding diaryl/α,β-unsaturated/α-hetero) is 2. The van der Waals surface area contributed by atoms with Crippen LogP contribution in [-0.4, -0.2) is 49.6 Å². The first-order chi connectivity index (χ1) is 15.0. The van der Waals surface area contributed by atoms with Gasteiger partial charge in [-0.2, -0.15) is 0 Å². The third kappa shape index (κ3) is 3.41. The van der Waals surface area contributed by atoms with Crippen molar-refractivity contribution in [3.8, 4) is 17.2 Å². The van der Waals surface area contributed by atoms with Crippen molar-refractivity contribution in [3.05, 3.63) is 28.0 Å². The molecule has 1 aliphatic heterocycles. The fourth-order valence-corrected chi connectivity index (χ4v) is 4.76. The Morgan fingerprint density at radius 2 is 1.88 bits per heavy atom. The van der Waals surface area contributed by atoms with Gasteiger partial charge in [0.2, 0.25) is 11.4 Å². The Morgan fingerprint density at radius 1 is 1.25 bits per heavy atom. The molecule has 0 saturated heterocycles. The van der Waals surface area contributed by atoms with Crippen LogP contribution in [-0.2, 0) is 14.3 Å². The van der Waals surface area contributed by atoms with Gasteiger partial charge in [-0.3, -0.25) is 14.4 Å². The summed E-state index contributed by atoms with van der Waals surface area (Å²) in [5.41, 5.74) is -1.79. The first kappa shape index (κ1) is 23.9. The van der Waals surface area contributed by atoms with Gasteiger partial charge in [0.25, 0.3) is 0 Å². The first-order valence-corrected chi connectivity index (χ1v) is 10.6. The molecule has 0 saturated carbocycles. The Kier molecular flexibility index (Phi) is 6.47. The fraction of sp³-hybridized carbons (Fsp3) is 0.522. The van der Waals surface area contributed by atoms with E-state index in [9.17, 15) is 19.5 Å². The van der Waals surface area contributed by atoms with Crippen molar-refractivity contribution < 1.29 is 38.4 Å². The van der Waals surface area contributed by atoms with Gasteiger partial charge in [0.05, 0.1) is 27.8 Å². The number of esters is 1. The number of ether oxygens (including phenoxy) is 4. The molecule has 1 aliphatic carbocycles. The van der Waals surface area contributed by atoms with Gasteiger partial charge in [0.1, 0.15) is 22.1 Å². The molecule has 0 aromatic heterocycles. The normalized spacial score (nSPS) is 23.3. The molecule has 9 heteroatoms. The van der Waals surface area contributed by atoms with Crippen molar-refractivity contribution in [2.45, 2.75) is 39.2 Å². The minimum atomic E-state index is -1.86. The molecule has 1 aromatic carbocycles. The minimum absolute atomic E-state index is 0.00621. The van der Waals surface area contributed by atoms with E-state index in [4.69, 9.17) is 30.5 Å². The van der Waals surface area contributed by atoms with Gasteiger partial charge in [0, 0.05) is 29.9 Å². The summed E-state index contributed by atoms with van der Waals surface area (Å²) >= 11 is 6.43. The van der Waals surface area contributed by atoms with E-state index in [1.165, 1.54) is 27.4 Å². The van der Waals surface area contributed by atoms with Gasteiger partial charge < -0.3 is 24.1 Å². The summed E-state index contributed by atoms with van der Waals surface area (Å²) in [5.74, 6) is -3.05. The van der Waals surface area contributed by atoms with Crippen LogP contribution in [0.4, 0.5) is 0 Å². The summed E-state index contributed by atoms with van der Waals surface area (Å²) in [6.45, 7) is 5.29. The average molecular weight is 467 g/mol. The maximum Gasteiger partial charge on any atom is 0.306 e. The Labute approximate surface area is 191 Å². The zero-order valence-electron chi connectivity index (χ0n) is 18.9. The van der Waals surface area contributed by atoms with Crippen LogP contribution in [0.1, 0.15) is 44.0 Å². The van der Waals surface area contributed by atoms with Crippen LogP contribution in [0, 0.1) is 17.8 Å². The molecule has 3 unspecified atom stereocenters. The molecule has 1 spiro atoms. The van der Waals surface area contributed by atoms with Crippen molar-refractivity contribution in [2.24, 2.45) is 17.8 Å². The lowest BCUT2D eigenvalue weighted by Crippen LogP contribution is -2.53. The quantitative estimate of drug-likeness (QED) is 0.628. The van der Waals surface area contributed by atoms with Gasteiger partial charge in [-0.25, -0.2) is 0 Å². The molecule has 3 rings (SSSR count). The maximum absolute atomic E-state index is 13.7. The molecule has 1 heterocycles. The van der Waals surface area contributed by atoms with E-state index in [0.717, 1.165) is 0 Å². The number of carbonyl (C=O) groups is 3. The minimum Gasteiger partial charge on any atom is -0.507 e. The van der Waals surface area contributed by atoms with E-state index in [-0.39, 0.29) is 58.0 Å². The first-order valence-electron chi connectivity index (χ1n) is 10.3. The van der Waals surface area contributed by atoms with E-state index >= 15 is 0 Å². The van der Waals surface area contributed by atoms with Crippen LogP contribution in [0.2, 0.25) is 5.02 Å². The molecule has 1 aromatic rings. The zero-order valence-corrected chi connectivity index (χ0v) is 19.7. The van der Waals surface area contributed by atoms with Crippen LogP contribution in [0.25, 0.3) is 0 Å². The van der Waals surface area contributed by atoms with Crippen LogP contribution in [0.5, 0.6) is 17.2 Å². The van der Waals surface area contributed by atoms with E-state index < -0.39 is 34.9 Å². The summed E-state index contributed by atoms with van der Waals surface area (Å²) in [6.07, 6.45) is -0.177. The van der Waals surface area contributed by atoms with Crippen LogP contribution < -0.4 is 14.2 Å². The molecule has 32 heavy (non-hydrogen) atoms. The third-order valence-corrected chi connectivity index (χ3v) is 6.66. The number of allylic oxidation sites excluding steroid dienone is 1. The molecule has 0 bridgehead atoms. The molecule has 174 valence electrons. The standard InChI is InChI=1S/C23H27ClO8/c1-10(2)12(8-16(26)31-6)17-13(25)7-11(3)23(21(17)27)22(28)18-14(29-4)9-15(30-5)19(24)20(18)32-23/h9-12,27H,7-8H2,1-6H3. The lowest BCUT2D eigenvalue weighted by Gasteiger charge is -2.39. The highest BCUT2D eigenvalue weighted by molar-refractivity contribution is 6.35. The number of hydrogen-bond acceptors (Lipinski definition) is 8. The summed E-state index contributed by atoms with van der Waals surface area (Å²) in [7, 11) is 4.06. The number of aliphatic hydroxyl groups excluding tert-OH is 1. The Morgan fingerprint density at radius 3 is 2.41 bits per heavy atom. The van der Waals surface area contributed by atoms with Gasteiger partial charge in [-0.15, -0.1) is 0 Å². The smallest absolute Gasteiger partial charge is 0.306 e. The van der Waals surface area contributed by atoms with Gasteiger partial charge in [-0.1, -0.05) is 32.4 Å². The SMILES string of the molecule is COC(=O)CC(C1=C(O)C2(Oc3c(Cl)c(OC)cc(OC)c3C2=O)C(C)CC1=O)C(C)C. The second-order valence-electron chi connectivity index (χ2n) is 8.39. The number of ketones is 2. The number of halogens is 1. The predicted molar refractivity (Wildman–Crippen MR) is 116 cm³/mol. The highest BCUT2D eigenvalue weighted by Gasteiger charge is 2.61. The van der Waals surface area contributed by atoms with Crippen LogP contribution in [0.3, 0.4) is 0 Å². The maximum atomic E-state index is 13.7. The van der Waals surface area contributed by atoms with Gasteiger partial charge in [0.15, 0.2) is 17.3 Å². The number of carbonyl (C=O) groups excluding carboxylic acids is 3. The lowest BCUT2D eigenvalue weighted by atomic mass is 9.68. The van der Waals surface area contributed by atoms with Crippen LogP contribution >= 0.6 is 11.6 Å². The van der Waals surface area contributed by atoms with Crippen LogP contribution in [0.15, 0.2) is 17.4 Å². The third-order valence-electron chi connectivity index (χ3n) is 6.30. The predicted octanol–water partition coefficient (Wildman–Crippen LogP) is 3.93. The number of benzene rings is 1. The van der Waals surface area contributed by atoms with Crippen molar-refractivity contribution >= 4 is 29.1 Å². The molecule has 0 fully saturated rings. The van der Waals surface area contributed by atoms with Crippen molar-refractivity contribution in [2.75, 3.05) is 21.3 Å². The second kappa shape index (κ2) is 8.65. The molecule has 3 atom stereocenters. The van der Waals surface area contributed by atoms with E-state index in [1.54, 1.807) is 6.92 Å². The summed E-state index contributed by atoms with van der Waals surface area (Å²) in [4.78, 5) is 38.8. The highest BCUT2D eigenvalue weighted by atomic mass is 35.5. The number of methoxy groups -OCH3 is 3. The second-order valence-corrected chi connectivity index (χ2v) is 8.77. The van der Waals surface area contributed by atoms with Gasteiger partial charge >= 0.3 is 5.97 Å². The van der Waals surface area contributed by atoms with Gasteiger partial charge in [-0.05, 0) is 5.92 Å². The topological polar surface area (TPSA) is 108 Å². The molecule has 8 nitrogen and oxygen atoms in total. The Bertz CT molecular complexity index is 1010. The largest absolute Gasteiger partial charge is 0.507 e. The van der Waals surface area contributed by atoms with Crippen molar-refractivity contribution in [1.29, 1.82) is 0 Å². The zero-order chi connectivity index (χ0) is 24.0. The summed E-state index contributed by atoms with van der Waals surface area (Å²) < 4.78 is 21.5. The highest BCUT2D eigenvalue weighted by Crippen LogP contribution is 2.55. The van der Waals surface area contributed by atoms with Crippen molar-refractivity contribution in [3.63, 3.8) is 0 Å². The fourth-order valence-electron chi connectivity index (χ4n) is 4.50. The monoisotopic (exact) mass is 466 g/mol. The molecular formula is C23H27ClO8. The average Bonchev–Trinajstić information content (AvgIpc) is 3.07. The molecule has 0 radical (unpaired) electrons. The number of fused-ring (bicyclic) bond motifs is 1. The molecule has 1 N–H and O–H groups in total. The van der Waals surface area contributed by atoms with E-state index in [1.807, 2.05) is 13.8 Å². The number of hydrogen-bond donors (Lipinski definition) is 1. The van der Waals surface area contributed by atoms with E-state index in [0.29, 0.717) is 0 Å². The van der Waals surface area contributed by atoms with E-state index in [2.05, 4.69) is 0 Å². The summed E-state index contributed by atoms with van der Waals surface area (Å²) in [6, 6.07) is 1.47. The number of rotatable bonds is 6. The Balaban J connectivity index is 2.25. The Hall–Kier alpha value is -2.74. The molecule has 0 amide bonds. The lowest BCUT2D eigenvalue weighted by molar-refractivity contribution is -0.141. The molecular weight excluding hydrogens is 440 g/mol. The molecule has 2 aliphatic rings.